The standard InChI is InChI=1S/C21H20N4O2/c1-13-20(16-5-3-4-6-17(16)23-13)21(14-10-22-25(2)11-14)24-15-7-8-18-19(9-15)27-12-26-18/h3-11,21,23-24H,12H2,1-2H3. The maximum absolute atomic E-state index is 5.53. The van der Waals surface area contributed by atoms with Crippen molar-refractivity contribution in [3.05, 3.63) is 71.7 Å². The molecule has 0 saturated heterocycles. The minimum absolute atomic E-state index is 0.0461. The van der Waals surface area contributed by atoms with Gasteiger partial charge in [0, 0.05) is 52.7 Å². The Bertz CT molecular complexity index is 1130. The number of para-hydroxylation sites is 1. The summed E-state index contributed by atoms with van der Waals surface area (Å²) in [4.78, 5) is 3.50. The molecule has 2 N–H and O–H groups in total. The SMILES string of the molecule is Cc1[nH]c2ccccc2c1C(Nc1ccc2c(c1)OCO2)c1cnn(C)c1. The van der Waals surface area contributed by atoms with E-state index in [2.05, 4.69) is 40.5 Å². The molecule has 3 heterocycles. The van der Waals surface area contributed by atoms with Gasteiger partial charge < -0.3 is 19.8 Å². The van der Waals surface area contributed by atoms with Crippen LogP contribution in [0.3, 0.4) is 0 Å². The van der Waals surface area contributed by atoms with Crippen molar-refractivity contribution in [2.45, 2.75) is 13.0 Å². The van der Waals surface area contributed by atoms with E-state index in [0.717, 1.165) is 34.0 Å². The van der Waals surface area contributed by atoms with E-state index in [1.54, 1.807) is 0 Å². The molecule has 2 aromatic carbocycles. The first-order valence-corrected chi connectivity index (χ1v) is 8.91. The molecule has 0 spiro atoms. The summed E-state index contributed by atoms with van der Waals surface area (Å²) >= 11 is 0. The molecule has 0 fully saturated rings. The molecule has 1 aliphatic rings. The van der Waals surface area contributed by atoms with Gasteiger partial charge >= 0.3 is 0 Å². The molecule has 1 atom stereocenters. The van der Waals surface area contributed by atoms with Gasteiger partial charge in [-0.15, -0.1) is 0 Å². The van der Waals surface area contributed by atoms with Crippen molar-refractivity contribution >= 4 is 16.6 Å². The molecule has 5 rings (SSSR count). The van der Waals surface area contributed by atoms with Crippen LogP contribution in [0.4, 0.5) is 5.69 Å². The number of hydrogen-bond acceptors (Lipinski definition) is 4. The zero-order chi connectivity index (χ0) is 18.4. The lowest BCUT2D eigenvalue weighted by Crippen LogP contribution is -2.12. The summed E-state index contributed by atoms with van der Waals surface area (Å²) in [5, 5.41) is 9.25. The monoisotopic (exact) mass is 360 g/mol. The number of H-pyrrole nitrogens is 1. The van der Waals surface area contributed by atoms with E-state index in [1.807, 2.05) is 48.4 Å². The third-order valence-electron chi connectivity index (χ3n) is 4.97. The molecular weight excluding hydrogens is 340 g/mol. The average molecular weight is 360 g/mol. The normalized spacial score (nSPS) is 13.9. The summed E-state index contributed by atoms with van der Waals surface area (Å²) in [5.74, 6) is 1.54. The van der Waals surface area contributed by atoms with Crippen LogP contribution in [0.25, 0.3) is 10.9 Å². The van der Waals surface area contributed by atoms with Gasteiger partial charge in [-0.1, -0.05) is 18.2 Å². The molecule has 0 amide bonds. The lowest BCUT2D eigenvalue weighted by Gasteiger charge is -2.20. The highest BCUT2D eigenvalue weighted by Gasteiger charge is 2.23. The zero-order valence-corrected chi connectivity index (χ0v) is 15.2. The number of aromatic nitrogens is 3. The number of anilines is 1. The molecule has 0 aliphatic carbocycles. The lowest BCUT2D eigenvalue weighted by atomic mass is 9.98. The van der Waals surface area contributed by atoms with E-state index >= 15 is 0 Å². The molecule has 1 aliphatic heterocycles. The minimum Gasteiger partial charge on any atom is -0.454 e. The van der Waals surface area contributed by atoms with Gasteiger partial charge in [-0.2, -0.15) is 5.10 Å². The fraction of sp³-hybridized carbons (Fsp3) is 0.190. The van der Waals surface area contributed by atoms with E-state index in [4.69, 9.17) is 9.47 Å². The van der Waals surface area contributed by atoms with Crippen LogP contribution in [-0.4, -0.2) is 21.6 Å². The first kappa shape index (κ1) is 15.8. The maximum atomic E-state index is 5.53. The first-order valence-electron chi connectivity index (χ1n) is 8.91. The summed E-state index contributed by atoms with van der Waals surface area (Å²) < 4.78 is 12.8. The summed E-state index contributed by atoms with van der Waals surface area (Å²) in [7, 11) is 1.93. The highest BCUT2D eigenvalue weighted by atomic mass is 16.7. The predicted molar refractivity (Wildman–Crippen MR) is 104 cm³/mol. The number of nitrogens with zero attached hydrogens (tertiary/aromatic N) is 2. The third-order valence-corrected chi connectivity index (χ3v) is 4.97. The molecule has 1 unspecified atom stereocenters. The van der Waals surface area contributed by atoms with Crippen LogP contribution in [0, 0.1) is 6.92 Å². The lowest BCUT2D eigenvalue weighted by molar-refractivity contribution is 0.174. The Morgan fingerprint density at radius 2 is 2.00 bits per heavy atom. The van der Waals surface area contributed by atoms with E-state index < -0.39 is 0 Å². The van der Waals surface area contributed by atoms with Gasteiger partial charge in [0.05, 0.1) is 12.2 Å². The van der Waals surface area contributed by atoms with Gasteiger partial charge in [-0.3, -0.25) is 4.68 Å². The largest absolute Gasteiger partial charge is 0.454 e. The molecule has 2 aromatic heterocycles. The topological polar surface area (TPSA) is 64.1 Å². The Morgan fingerprint density at radius 1 is 1.15 bits per heavy atom. The van der Waals surface area contributed by atoms with Gasteiger partial charge in [0.1, 0.15) is 0 Å². The van der Waals surface area contributed by atoms with Crippen LogP contribution in [0.15, 0.2) is 54.9 Å². The van der Waals surface area contributed by atoms with Crippen molar-refractivity contribution in [1.29, 1.82) is 0 Å². The molecule has 6 nitrogen and oxygen atoms in total. The third kappa shape index (κ3) is 2.70. The second-order valence-corrected chi connectivity index (χ2v) is 6.80. The van der Waals surface area contributed by atoms with Crippen LogP contribution in [0.1, 0.15) is 22.9 Å². The van der Waals surface area contributed by atoms with Crippen molar-refractivity contribution in [2.24, 2.45) is 7.05 Å². The van der Waals surface area contributed by atoms with Gasteiger partial charge in [-0.25, -0.2) is 0 Å². The number of aromatic amines is 1. The predicted octanol–water partition coefficient (Wildman–Crippen LogP) is 4.14. The van der Waals surface area contributed by atoms with Crippen molar-refractivity contribution in [3.63, 3.8) is 0 Å². The molecule has 136 valence electrons. The van der Waals surface area contributed by atoms with Gasteiger partial charge in [-0.05, 0) is 25.1 Å². The highest BCUT2D eigenvalue weighted by molar-refractivity contribution is 5.86. The Balaban J connectivity index is 1.62. The quantitative estimate of drug-likeness (QED) is 0.574. The van der Waals surface area contributed by atoms with Crippen LogP contribution < -0.4 is 14.8 Å². The Hall–Kier alpha value is -3.41. The molecule has 4 aromatic rings. The molecule has 0 radical (unpaired) electrons. The Labute approximate surface area is 156 Å². The van der Waals surface area contributed by atoms with Gasteiger partial charge in [0.2, 0.25) is 6.79 Å². The van der Waals surface area contributed by atoms with E-state index in [1.165, 1.54) is 10.9 Å². The highest BCUT2D eigenvalue weighted by Crippen LogP contribution is 2.38. The van der Waals surface area contributed by atoms with Crippen molar-refractivity contribution in [2.75, 3.05) is 12.1 Å². The number of benzene rings is 2. The number of aryl methyl sites for hydroxylation is 2. The number of hydrogen-bond donors (Lipinski definition) is 2. The Kier molecular flexibility index (Phi) is 3.57. The van der Waals surface area contributed by atoms with Crippen molar-refractivity contribution in [1.82, 2.24) is 14.8 Å². The van der Waals surface area contributed by atoms with Crippen LogP contribution >= 0.6 is 0 Å². The fourth-order valence-electron chi connectivity index (χ4n) is 3.73. The summed E-state index contributed by atoms with van der Waals surface area (Å²) in [6.07, 6.45) is 3.96. The van der Waals surface area contributed by atoms with Crippen molar-refractivity contribution in [3.8, 4) is 11.5 Å². The zero-order valence-electron chi connectivity index (χ0n) is 15.2. The van der Waals surface area contributed by atoms with Crippen LogP contribution in [-0.2, 0) is 7.05 Å². The maximum Gasteiger partial charge on any atom is 0.231 e. The van der Waals surface area contributed by atoms with E-state index in [0.29, 0.717) is 0 Å². The van der Waals surface area contributed by atoms with Crippen LogP contribution in [0.2, 0.25) is 0 Å². The summed E-state index contributed by atoms with van der Waals surface area (Å²) in [5.41, 5.74) is 5.56. The molecule has 0 saturated carbocycles. The van der Waals surface area contributed by atoms with Crippen molar-refractivity contribution < 1.29 is 9.47 Å². The molecular formula is C21H20N4O2. The first-order chi connectivity index (χ1) is 13.2. The second-order valence-electron chi connectivity index (χ2n) is 6.80. The number of ether oxygens (including phenoxy) is 2. The molecule has 27 heavy (non-hydrogen) atoms. The van der Waals surface area contributed by atoms with Crippen LogP contribution in [0.5, 0.6) is 11.5 Å². The summed E-state index contributed by atoms with van der Waals surface area (Å²) in [6, 6.07) is 14.3. The number of nitrogens with one attached hydrogen (secondary N) is 2. The molecule has 0 bridgehead atoms. The van der Waals surface area contributed by atoms with E-state index in [9.17, 15) is 0 Å². The Morgan fingerprint density at radius 3 is 2.85 bits per heavy atom. The van der Waals surface area contributed by atoms with Gasteiger partial charge in [0.15, 0.2) is 11.5 Å². The molecule has 6 heteroatoms. The second kappa shape index (κ2) is 6.09. The van der Waals surface area contributed by atoms with Gasteiger partial charge in [0.25, 0.3) is 0 Å². The number of fused-ring (bicyclic) bond motifs is 2. The van der Waals surface area contributed by atoms with E-state index in [-0.39, 0.29) is 12.8 Å². The number of rotatable bonds is 4. The summed E-state index contributed by atoms with van der Waals surface area (Å²) in [6.45, 7) is 2.38. The minimum atomic E-state index is -0.0461. The average Bonchev–Trinajstić information content (AvgIpc) is 3.37. The fourth-order valence-corrected chi connectivity index (χ4v) is 3.73. The smallest absolute Gasteiger partial charge is 0.231 e.